The highest BCUT2D eigenvalue weighted by Gasteiger charge is 2.64. The molecule has 0 aliphatic heterocycles. The van der Waals surface area contributed by atoms with Gasteiger partial charge in [0.2, 0.25) is 0 Å². The number of hydrogen-bond donors (Lipinski definition) is 2. The number of benzene rings is 1. The van der Waals surface area contributed by atoms with Crippen molar-refractivity contribution < 1.29 is 19.7 Å². The van der Waals surface area contributed by atoms with E-state index < -0.39 is 0 Å². The average molecular weight is 523 g/mol. The highest BCUT2D eigenvalue weighted by Crippen LogP contribution is 2.69. The third-order valence-corrected chi connectivity index (χ3v) is 12.3. The molecule has 210 valence electrons. The molecular weight excluding hydrogens is 472 g/mol. The molecule has 0 amide bonds. The summed E-state index contributed by atoms with van der Waals surface area (Å²) in [5.41, 5.74) is 2.06. The summed E-state index contributed by atoms with van der Waals surface area (Å²) in [5.74, 6) is 3.25. The normalized spacial score (nSPS) is 43.2. The van der Waals surface area contributed by atoms with Crippen LogP contribution in [0.5, 0.6) is 0 Å². The zero-order valence-electron chi connectivity index (χ0n) is 24.2. The van der Waals surface area contributed by atoms with E-state index in [9.17, 15) is 15.0 Å². The molecule has 1 aromatic rings. The molecule has 11 atom stereocenters. The van der Waals surface area contributed by atoms with Gasteiger partial charge in [-0.3, -0.25) is 0 Å². The maximum absolute atomic E-state index is 12.2. The highest BCUT2D eigenvalue weighted by atomic mass is 16.5. The number of aliphatic hydroxyl groups is 2. The predicted molar refractivity (Wildman–Crippen MR) is 152 cm³/mol. The second-order valence-electron chi connectivity index (χ2n) is 13.8. The Hall–Kier alpha value is -1.65. The van der Waals surface area contributed by atoms with Crippen molar-refractivity contribution in [3.63, 3.8) is 0 Å². The Morgan fingerprint density at radius 2 is 1.76 bits per heavy atom. The van der Waals surface area contributed by atoms with Crippen LogP contribution < -0.4 is 0 Å². The lowest BCUT2D eigenvalue weighted by molar-refractivity contribution is -0.203. The van der Waals surface area contributed by atoms with Crippen molar-refractivity contribution in [2.45, 2.75) is 97.7 Å². The van der Waals surface area contributed by atoms with Crippen molar-refractivity contribution in [2.75, 3.05) is 7.11 Å². The molecule has 4 saturated carbocycles. The molecule has 4 heteroatoms. The van der Waals surface area contributed by atoms with E-state index in [0.717, 1.165) is 37.7 Å². The molecule has 0 aromatic heterocycles. The quantitative estimate of drug-likeness (QED) is 0.390. The van der Waals surface area contributed by atoms with E-state index >= 15 is 0 Å². The van der Waals surface area contributed by atoms with E-state index in [0.29, 0.717) is 47.0 Å². The number of methoxy groups -OCH3 is 1. The second-order valence-corrected chi connectivity index (χ2v) is 13.8. The molecule has 4 nitrogen and oxygen atoms in total. The van der Waals surface area contributed by atoms with Gasteiger partial charge in [0.25, 0.3) is 0 Å². The van der Waals surface area contributed by atoms with Crippen molar-refractivity contribution >= 4 is 12.0 Å². The molecule has 1 aromatic carbocycles. The Morgan fingerprint density at radius 3 is 2.50 bits per heavy atom. The number of carbonyl (C=O) groups is 1. The molecule has 38 heavy (non-hydrogen) atoms. The van der Waals surface area contributed by atoms with Gasteiger partial charge in [-0.1, -0.05) is 64.5 Å². The molecule has 4 aliphatic rings. The molecule has 0 heterocycles. The number of aliphatic hydroxyl groups excluding tert-OH is 2. The van der Waals surface area contributed by atoms with Gasteiger partial charge in [0, 0.05) is 0 Å². The molecule has 2 unspecified atom stereocenters. The van der Waals surface area contributed by atoms with Gasteiger partial charge >= 0.3 is 5.97 Å². The molecule has 5 rings (SSSR count). The van der Waals surface area contributed by atoms with Crippen LogP contribution >= 0.6 is 0 Å². The van der Waals surface area contributed by atoms with Crippen LogP contribution in [0.2, 0.25) is 0 Å². The Bertz CT molecular complexity index is 1030. The van der Waals surface area contributed by atoms with Crippen LogP contribution in [0.15, 0.2) is 30.3 Å². The Balaban J connectivity index is 1.33. The molecule has 0 saturated heterocycles. The van der Waals surface area contributed by atoms with Gasteiger partial charge in [-0.15, -0.1) is 0 Å². The maximum Gasteiger partial charge on any atom is 0.338 e. The summed E-state index contributed by atoms with van der Waals surface area (Å²) in [7, 11) is 1.43. The minimum absolute atomic E-state index is 0.191. The van der Waals surface area contributed by atoms with Gasteiger partial charge in [-0.2, -0.15) is 0 Å². The van der Waals surface area contributed by atoms with Gasteiger partial charge in [-0.25, -0.2) is 4.79 Å². The summed E-state index contributed by atoms with van der Waals surface area (Å²) in [6.07, 6.45) is 13.8. The Labute approximate surface area is 230 Å². The fraction of sp³-hybridized carbons (Fsp3) is 0.735. The first-order valence-corrected chi connectivity index (χ1v) is 15.4. The zero-order valence-corrected chi connectivity index (χ0v) is 24.2. The molecule has 0 bridgehead atoms. The van der Waals surface area contributed by atoms with E-state index in [-0.39, 0.29) is 29.0 Å². The van der Waals surface area contributed by atoms with Crippen LogP contribution in [-0.2, 0) is 4.74 Å². The molecule has 0 radical (unpaired) electrons. The fourth-order valence-electron chi connectivity index (χ4n) is 10.4. The van der Waals surface area contributed by atoms with Crippen LogP contribution in [0.25, 0.3) is 6.08 Å². The van der Waals surface area contributed by atoms with Crippen LogP contribution in [0, 0.1) is 52.3 Å². The van der Waals surface area contributed by atoms with Crippen LogP contribution in [-0.4, -0.2) is 35.5 Å². The van der Waals surface area contributed by atoms with Crippen molar-refractivity contribution in [1.82, 2.24) is 0 Å². The largest absolute Gasteiger partial charge is 0.465 e. The second kappa shape index (κ2) is 10.7. The third-order valence-electron chi connectivity index (χ3n) is 12.3. The monoisotopic (exact) mass is 522 g/mol. The zero-order chi connectivity index (χ0) is 27.2. The molecule has 0 spiro atoms. The standard InChI is InChI=1S/C34H50O4/c1-6-24-29-20-23(35)16-18-34(29,4)28-17-19-33(3)26(14-15-27(33)30(28)31(24)36)21(2)10-9-12-22-11-7-8-13-25(22)32(37)38-5/h7-9,11-13,21,23-24,26-31,35-36H,6,10,14-20H2,1-5H3/b12-9+/t21-,23-,24-,26-,27?,28?,29+,30+,31-,33-,34-/m1/s1. The summed E-state index contributed by atoms with van der Waals surface area (Å²) in [5, 5.41) is 22.5. The first-order chi connectivity index (χ1) is 18.2. The average Bonchev–Trinajstić information content (AvgIpc) is 3.27. The van der Waals surface area contributed by atoms with Gasteiger partial charge in [-0.05, 0) is 115 Å². The molecule has 4 aliphatic carbocycles. The van der Waals surface area contributed by atoms with E-state index in [1.54, 1.807) is 0 Å². The predicted octanol–water partition coefficient (Wildman–Crippen LogP) is 7.14. The minimum atomic E-state index is -0.291. The third kappa shape index (κ3) is 4.48. The first kappa shape index (κ1) is 27.9. The van der Waals surface area contributed by atoms with Gasteiger partial charge < -0.3 is 14.9 Å². The van der Waals surface area contributed by atoms with Crippen LogP contribution in [0.1, 0.15) is 101 Å². The summed E-state index contributed by atoms with van der Waals surface area (Å²) in [6, 6.07) is 7.65. The SMILES string of the molecule is CC[C@H]1[C@@H](O)[C@H]2C3CC[C@H]([C@H](C)C/C=C/c4ccccc4C(=O)OC)[C@@]3(C)CCC2[C@@]2(C)CC[C@@H](O)C[C@@H]12. The lowest BCUT2D eigenvalue weighted by Crippen LogP contribution is -2.62. The Kier molecular flexibility index (Phi) is 7.88. The summed E-state index contributed by atoms with van der Waals surface area (Å²) in [6.45, 7) is 9.73. The summed E-state index contributed by atoms with van der Waals surface area (Å²) < 4.78 is 4.97. The number of rotatable bonds is 6. The number of hydrogen-bond acceptors (Lipinski definition) is 4. The van der Waals surface area contributed by atoms with E-state index in [1.807, 2.05) is 24.3 Å². The van der Waals surface area contributed by atoms with Crippen molar-refractivity contribution in [3.8, 4) is 0 Å². The van der Waals surface area contributed by atoms with Gasteiger partial charge in [0.15, 0.2) is 0 Å². The van der Waals surface area contributed by atoms with Crippen LogP contribution in [0.4, 0.5) is 0 Å². The van der Waals surface area contributed by atoms with Gasteiger partial charge in [0.1, 0.15) is 0 Å². The molecule has 2 N–H and O–H groups in total. The van der Waals surface area contributed by atoms with Crippen molar-refractivity contribution in [3.05, 3.63) is 41.5 Å². The molecular formula is C34H50O4. The van der Waals surface area contributed by atoms with E-state index in [1.165, 1.54) is 32.8 Å². The lowest BCUT2D eigenvalue weighted by Gasteiger charge is -2.64. The lowest BCUT2D eigenvalue weighted by atomic mass is 9.41. The number of allylic oxidation sites excluding steroid dienone is 1. The minimum Gasteiger partial charge on any atom is -0.465 e. The van der Waals surface area contributed by atoms with E-state index in [2.05, 4.69) is 39.8 Å². The summed E-state index contributed by atoms with van der Waals surface area (Å²) in [4.78, 5) is 12.2. The topological polar surface area (TPSA) is 66.8 Å². The van der Waals surface area contributed by atoms with Gasteiger partial charge in [0.05, 0.1) is 24.9 Å². The number of ether oxygens (including phenoxy) is 1. The first-order valence-electron chi connectivity index (χ1n) is 15.4. The van der Waals surface area contributed by atoms with Crippen molar-refractivity contribution in [1.29, 1.82) is 0 Å². The highest BCUT2D eigenvalue weighted by molar-refractivity contribution is 5.93. The van der Waals surface area contributed by atoms with Crippen LogP contribution in [0.3, 0.4) is 0 Å². The molecule has 4 fully saturated rings. The maximum atomic E-state index is 12.2. The summed E-state index contributed by atoms with van der Waals surface area (Å²) >= 11 is 0. The fourth-order valence-corrected chi connectivity index (χ4v) is 10.4. The Morgan fingerprint density at radius 1 is 1.05 bits per heavy atom. The number of esters is 1. The number of fused-ring (bicyclic) bond motifs is 5. The van der Waals surface area contributed by atoms with E-state index in [4.69, 9.17) is 4.74 Å². The number of carbonyl (C=O) groups excluding carboxylic acids is 1. The van der Waals surface area contributed by atoms with Crippen molar-refractivity contribution in [2.24, 2.45) is 52.3 Å². The smallest absolute Gasteiger partial charge is 0.338 e.